The van der Waals surface area contributed by atoms with Crippen LogP contribution in [0.5, 0.6) is 0 Å². The molecule has 1 aliphatic heterocycles. The van der Waals surface area contributed by atoms with Gasteiger partial charge in [-0.2, -0.15) is 0 Å². The summed E-state index contributed by atoms with van der Waals surface area (Å²) in [6.07, 6.45) is 3.37. The van der Waals surface area contributed by atoms with Crippen LogP contribution in [-0.4, -0.2) is 48.8 Å². The standard InChI is InChI=1S/C20H21ClN6O2S2/c1-2-26-17(24-25-20(26)31-12-16(28)23-19-22-9-11-30-19)15-4-3-10-27(15)18(29)13-5-7-14(21)8-6-13/h5-9,11,15H,2-4,10,12H2,1H3,(H,22,23,28). The fourth-order valence-electron chi connectivity index (χ4n) is 3.56. The van der Waals surface area contributed by atoms with Gasteiger partial charge in [-0.05, 0) is 44.0 Å². The van der Waals surface area contributed by atoms with Crippen LogP contribution >= 0.6 is 34.7 Å². The summed E-state index contributed by atoms with van der Waals surface area (Å²) in [4.78, 5) is 31.2. The summed E-state index contributed by atoms with van der Waals surface area (Å²) < 4.78 is 1.99. The number of nitrogens with zero attached hydrogens (tertiary/aromatic N) is 5. The molecule has 1 N–H and O–H groups in total. The third-order valence-electron chi connectivity index (χ3n) is 4.98. The zero-order valence-corrected chi connectivity index (χ0v) is 19.2. The Hall–Kier alpha value is -2.43. The minimum atomic E-state index is -0.146. The maximum absolute atomic E-state index is 13.1. The van der Waals surface area contributed by atoms with Crippen LogP contribution in [0.15, 0.2) is 41.0 Å². The summed E-state index contributed by atoms with van der Waals surface area (Å²) in [6.45, 7) is 3.33. The smallest absolute Gasteiger partial charge is 0.254 e. The maximum Gasteiger partial charge on any atom is 0.254 e. The molecule has 0 bridgehead atoms. The highest BCUT2D eigenvalue weighted by Gasteiger charge is 2.34. The van der Waals surface area contributed by atoms with Crippen molar-refractivity contribution in [2.24, 2.45) is 0 Å². The third kappa shape index (κ3) is 4.91. The van der Waals surface area contributed by atoms with Crippen LogP contribution in [0.1, 0.15) is 42.0 Å². The van der Waals surface area contributed by atoms with E-state index in [2.05, 4.69) is 20.5 Å². The van der Waals surface area contributed by atoms with Crippen LogP contribution in [-0.2, 0) is 11.3 Å². The molecule has 1 fully saturated rings. The van der Waals surface area contributed by atoms with E-state index in [4.69, 9.17) is 11.6 Å². The van der Waals surface area contributed by atoms with Gasteiger partial charge >= 0.3 is 0 Å². The summed E-state index contributed by atoms with van der Waals surface area (Å²) in [6, 6.07) is 6.79. The number of thiazole rings is 1. The third-order valence-corrected chi connectivity index (χ3v) is 6.88. The van der Waals surface area contributed by atoms with Gasteiger partial charge in [-0.25, -0.2) is 4.98 Å². The lowest BCUT2D eigenvalue weighted by atomic mass is 10.1. The Balaban J connectivity index is 1.47. The number of amides is 2. The lowest BCUT2D eigenvalue weighted by Gasteiger charge is -2.24. The second kappa shape index (κ2) is 9.80. The van der Waals surface area contributed by atoms with Gasteiger partial charge in [0.15, 0.2) is 16.1 Å². The molecule has 0 saturated carbocycles. The summed E-state index contributed by atoms with van der Waals surface area (Å²) in [5, 5.41) is 15.1. The Morgan fingerprint density at radius 1 is 1.29 bits per heavy atom. The molecule has 3 aromatic rings. The van der Waals surface area contributed by atoms with Gasteiger partial charge in [0, 0.05) is 35.3 Å². The fourth-order valence-corrected chi connectivity index (χ4v) is 5.04. The van der Waals surface area contributed by atoms with Crippen molar-refractivity contribution in [3.05, 3.63) is 52.3 Å². The average Bonchev–Trinajstić information content (AvgIpc) is 3.52. The van der Waals surface area contributed by atoms with E-state index in [9.17, 15) is 9.59 Å². The first-order valence-corrected chi connectivity index (χ1v) is 12.1. The highest BCUT2D eigenvalue weighted by atomic mass is 35.5. The Labute approximate surface area is 193 Å². The van der Waals surface area contributed by atoms with Crippen LogP contribution in [0.2, 0.25) is 5.02 Å². The van der Waals surface area contributed by atoms with E-state index >= 15 is 0 Å². The number of hydrogen-bond donors (Lipinski definition) is 1. The highest BCUT2D eigenvalue weighted by Crippen LogP contribution is 2.34. The summed E-state index contributed by atoms with van der Waals surface area (Å²) >= 11 is 8.65. The van der Waals surface area contributed by atoms with Gasteiger partial charge in [-0.1, -0.05) is 23.4 Å². The van der Waals surface area contributed by atoms with Gasteiger partial charge in [0.25, 0.3) is 5.91 Å². The zero-order chi connectivity index (χ0) is 21.8. The average molecular weight is 477 g/mol. The van der Waals surface area contributed by atoms with Crippen LogP contribution in [0.25, 0.3) is 0 Å². The summed E-state index contributed by atoms with van der Waals surface area (Å²) in [5.74, 6) is 0.773. The van der Waals surface area contributed by atoms with E-state index in [1.54, 1.807) is 35.8 Å². The van der Waals surface area contributed by atoms with Crippen molar-refractivity contribution in [1.29, 1.82) is 0 Å². The molecule has 1 aromatic carbocycles. The first-order valence-electron chi connectivity index (χ1n) is 9.88. The molecule has 8 nitrogen and oxygen atoms in total. The molecule has 0 spiro atoms. The molecule has 31 heavy (non-hydrogen) atoms. The van der Waals surface area contributed by atoms with E-state index in [0.717, 1.165) is 18.7 Å². The molecule has 2 amide bonds. The monoisotopic (exact) mass is 476 g/mol. The molecule has 1 unspecified atom stereocenters. The van der Waals surface area contributed by atoms with Crippen molar-refractivity contribution >= 4 is 51.6 Å². The van der Waals surface area contributed by atoms with Gasteiger partial charge in [0.1, 0.15) is 0 Å². The van der Waals surface area contributed by atoms with E-state index in [0.29, 0.717) is 34.0 Å². The van der Waals surface area contributed by atoms with Crippen molar-refractivity contribution in [2.75, 3.05) is 17.6 Å². The van der Waals surface area contributed by atoms with Crippen molar-refractivity contribution in [2.45, 2.75) is 37.5 Å². The number of aromatic nitrogens is 4. The van der Waals surface area contributed by atoms with Crippen LogP contribution in [0, 0.1) is 0 Å². The molecule has 1 saturated heterocycles. The molecule has 1 aliphatic rings. The summed E-state index contributed by atoms with van der Waals surface area (Å²) in [7, 11) is 0. The molecule has 1 atom stereocenters. The van der Waals surface area contributed by atoms with E-state index in [1.807, 2.05) is 16.4 Å². The maximum atomic E-state index is 13.1. The lowest BCUT2D eigenvalue weighted by molar-refractivity contribution is -0.113. The number of halogens is 1. The van der Waals surface area contributed by atoms with Gasteiger partial charge in [-0.15, -0.1) is 21.5 Å². The number of benzene rings is 1. The van der Waals surface area contributed by atoms with Gasteiger partial charge < -0.3 is 14.8 Å². The highest BCUT2D eigenvalue weighted by molar-refractivity contribution is 7.99. The Morgan fingerprint density at radius 3 is 2.81 bits per heavy atom. The topological polar surface area (TPSA) is 93.0 Å². The van der Waals surface area contributed by atoms with Gasteiger partial charge in [-0.3, -0.25) is 9.59 Å². The quantitative estimate of drug-likeness (QED) is 0.515. The van der Waals surface area contributed by atoms with Crippen LogP contribution in [0.4, 0.5) is 5.13 Å². The molecule has 11 heteroatoms. The first-order chi connectivity index (χ1) is 15.1. The van der Waals surface area contributed by atoms with Crippen LogP contribution < -0.4 is 5.32 Å². The number of likely N-dealkylation sites (tertiary alicyclic amines) is 1. The molecule has 4 rings (SSSR count). The van der Waals surface area contributed by atoms with E-state index in [-0.39, 0.29) is 23.6 Å². The minimum Gasteiger partial charge on any atom is -0.328 e. The lowest BCUT2D eigenvalue weighted by Crippen LogP contribution is -2.32. The summed E-state index contributed by atoms with van der Waals surface area (Å²) in [5.41, 5.74) is 0.604. The number of carbonyl (C=O) groups is 2. The fraction of sp³-hybridized carbons (Fsp3) is 0.350. The van der Waals surface area contributed by atoms with Crippen molar-refractivity contribution in [3.63, 3.8) is 0 Å². The Morgan fingerprint density at radius 2 is 2.10 bits per heavy atom. The normalized spacial score (nSPS) is 15.9. The van der Waals surface area contributed by atoms with E-state index < -0.39 is 0 Å². The second-order valence-corrected chi connectivity index (χ2v) is 9.20. The number of anilines is 1. The number of rotatable bonds is 7. The second-order valence-electron chi connectivity index (χ2n) is 6.92. The molecule has 0 radical (unpaired) electrons. The van der Waals surface area contributed by atoms with Crippen molar-refractivity contribution in [1.82, 2.24) is 24.6 Å². The molecule has 162 valence electrons. The van der Waals surface area contributed by atoms with Gasteiger partial charge in [0.05, 0.1) is 11.8 Å². The number of thioether (sulfide) groups is 1. The number of nitrogens with one attached hydrogen (secondary N) is 1. The Bertz CT molecular complexity index is 1050. The number of carbonyl (C=O) groups excluding carboxylic acids is 2. The SMILES string of the molecule is CCn1c(SCC(=O)Nc2nccs2)nnc1C1CCCN1C(=O)c1ccc(Cl)cc1. The first kappa shape index (κ1) is 21.8. The predicted molar refractivity (Wildman–Crippen MR) is 122 cm³/mol. The van der Waals surface area contributed by atoms with E-state index in [1.165, 1.54) is 23.1 Å². The van der Waals surface area contributed by atoms with Crippen molar-refractivity contribution < 1.29 is 9.59 Å². The Kier molecular flexibility index (Phi) is 6.89. The molecular formula is C20H21ClN6O2S2. The zero-order valence-electron chi connectivity index (χ0n) is 16.8. The molecule has 3 heterocycles. The number of hydrogen-bond acceptors (Lipinski definition) is 7. The van der Waals surface area contributed by atoms with Crippen LogP contribution in [0.3, 0.4) is 0 Å². The largest absolute Gasteiger partial charge is 0.328 e. The van der Waals surface area contributed by atoms with Gasteiger partial charge in [0.2, 0.25) is 5.91 Å². The molecule has 0 aliphatic carbocycles. The molecular weight excluding hydrogens is 456 g/mol. The van der Waals surface area contributed by atoms with Crippen molar-refractivity contribution in [3.8, 4) is 0 Å². The predicted octanol–water partition coefficient (Wildman–Crippen LogP) is 4.12. The molecule has 2 aromatic heterocycles. The minimum absolute atomic E-state index is 0.0400.